The van der Waals surface area contributed by atoms with E-state index in [1.165, 1.54) is 11.3 Å². The molecule has 1 fully saturated rings. The number of hydrogen-bond acceptors (Lipinski definition) is 11. The maximum Gasteiger partial charge on any atom is 0.224 e. The molecule has 35 heavy (non-hydrogen) atoms. The fourth-order valence-corrected chi connectivity index (χ4v) is 5.76. The van der Waals surface area contributed by atoms with Gasteiger partial charge in [0.15, 0.2) is 0 Å². The lowest BCUT2D eigenvalue weighted by Crippen LogP contribution is -2.36. The van der Waals surface area contributed by atoms with Crippen molar-refractivity contribution in [1.82, 2.24) is 19.9 Å². The van der Waals surface area contributed by atoms with Gasteiger partial charge in [-0.15, -0.1) is 11.3 Å². The highest BCUT2D eigenvalue weighted by Crippen LogP contribution is 2.39. The molecule has 3 aromatic heterocycles. The van der Waals surface area contributed by atoms with E-state index < -0.39 is 23.9 Å². The molecule has 0 spiro atoms. The highest BCUT2D eigenvalue weighted by molar-refractivity contribution is 7.21. The average molecular weight is 503 g/mol. The first kappa shape index (κ1) is 25.6. The third kappa shape index (κ3) is 5.70. The highest BCUT2D eigenvalue weighted by atomic mass is 32.1. The number of aryl methyl sites for hydroxylation is 2. The molecule has 0 unspecified atom stereocenters. The summed E-state index contributed by atoms with van der Waals surface area (Å²) in [6.45, 7) is 8.29. The molecule has 0 saturated heterocycles. The van der Waals surface area contributed by atoms with Crippen LogP contribution in [0.15, 0.2) is 12.3 Å². The summed E-state index contributed by atoms with van der Waals surface area (Å²) in [6, 6.07) is 1.49. The minimum atomic E-state index is -1.00. The number of rotatable bonds is 9. The third-order valence-corrected chi connectivity index (χ3v) is 7.31. The maximum absolute atomic E-state index is 10.8. The zero-order chi connectivity index (χ0) is 25.3. The van der Waals surface area contributed by atoms with Gasteiger partial charge in [0.25, 0.3) is 0 Å². The van der Waals surface area contributed by atoms with Crippen LogP contribution < -0.4 is 10.6 Å². The van der Waals surface area contributed by atoms with Crippen LogP contribution >= 0.6 is 11.3 Å². The van der Waals surface area contributed by atoms with Crippen molar-refractivity contribution in [1.29, 1.82) is 0 Å². The quantitative estimate of drug-likeness (QED) is 0.277. The van der Waals surface area contributed by atoms with Crippen molar-refractivity contribution in [3.63, 3.8) is 0 Å². The molecule has 11 heteroatoms. The van der Waals surface area contributed by atoms with Gasteiger partial charge in [0.1, 0.15) is 22.4 Å². The van der Waals surface area contributed by atoms with Gasteiger partial charge in [0, 0.05) is 19.9 Å². The second-order valence-corrected chi connectivity index (χ2v) is 10.8. The summed E-state index contributed by atoms with van der Waals surface area (Å²) in [5, 5.41) is 39.0. The van der Waals surface area contributed by atoms with Crippen LogP contribution in [-0.2, 0) is 4.74 Å². The topological polar surface area (TPSA) is 146 Å². The molecule has 10 nitrogen and oxygen atoms in total. The van der Waals surface area contributed by atoms with Gasteiger partial charge in [0.05, 0.1) is 46.0 Å². The lowest BCUT2D eigenvalue weighted by molar-refractivity contribution is -0.0132. The molecule has 1 aliphatic rings. The van der Waals surface area contributed by atoms with Crippen LogP contribution in [0.5, 0.6) is 0 Å². The molecule has 3 heterocycles. The number of aliphatic hydroxyl groups is 3. The number of anilines is 2. The van der Waals surface area contributed by atoms with Gasteiger partial charge in [-0.25, -0.2) is 9.97 Å². The standard InChI is InChI=1S/C24H34N6O4S/c1-12-17(22-29-18-13(2)25-7-6-16(18)35-22)21(30-23(27-12)26-8-9-34-5)28-15-10-14(11-24(3,4)33)19(31)20(15)32/h6-7,14-15,19-20,31-33H,8-11H2,1-5H3,(H2,26,27,28,30)/t14-,15-,19-,20+/m1/s1. The van der Waals surface area contributed by atoms with E-state index in [2.05, 4.69) is 20.6 Å². The fourth-order valence-electron chi connectivity index (χ4n) is 4.65. The zero-order valence-corrected chi connectivity index (χ0v) is 21.6. The van der Waals surface area contributed by atoms with Crippen molar-refractivity contribution in [2.24, 2.45) is 5.92 Å². The SMILES string of the molecule is COCCNc1nc(C)c(-c2nc3c(C)nccc3s2)c(N[C@@H]2C[C@H](CC(C)(C)O)[C@@H](O)[C@H]2O)n1. The predicted molar refractivity (Wildman–Crippen MR) is 137 cm³/mol. The van der Waals surface area contributed by atoms with Gasteiger partial charge in [-0.2, -0.15) is 4.98 Å². The van der Waals surface area contributed by atoms with E-state index in [4.69, 9.17) is 14.7 Å². The first-order valence-electron chi connectivity index (χ1n) is 11.8. The fraction of sp³-hybridized carbons (Fsp3) is 0.583. The Balaban J connectivity index is 1.71. The van der Waals surface area contributed by atoms with E-state index in [0.717, 1.165) is 32.2 Å². The highest BCUT2D eigenvalue weighted by Gasteiger charge is 2.43. The molecule has 0 aliphatic heterocycles. The van der Waals surface area contributed by atoms with E-state index in [9.17, 15) is 15.3 Å². The van der Waals surface area contributed by atoms with Crippen LogP contribution in [0.3, 0.4) is 0 Å². The van der Waals surface area contributed by atoms with Crippen molar-refractivity contribution >= 4 is 33.3 Å². The summed E-state index contributed by atoms with van der Waals surface area (Å²) >= 11 is 1.53. The van der Waals surface area contributed by atoms with Crippen LogP contribution in [0.25, 0.3) is 20.8 Å². The number of nitrogens with one attached hydrogen (secondary N) is 2. The van der Waals surface area contributed by atoms with Gasteiger partial charge in [0.2, 0.25) is 5.95 Å². The summed E-state index contributed by atoms with van der Waals surface area (Å²) < 4.78 is 6.13. The Bertz CT molecular complexity index is 1180. The number of pyridine rings is 1. The van der Waals surface area contributed by atoms with E-state index in [-0.39, 0.29) is 5.92 Å². The number of aromatic nitrogens is 4. The van der Waals surface area contributed by atoms with Crippen LogP contribution in [0, 0.1) is 19.8 Å². The second-order valence-electron chi connectivity index (χ2n) is 9.78. The van der Waals surface area contributed by atoms with Crippen molar-refractivity contribution < 1.29 is 20.1 Å². The third-order valence-electron chi connectivity index (χ3n) is 6.27. The molecule has 0 radical (unpaired) electrons. The average Bonchev–Trinajstić information content (AvgIpc) is 3.31. The summed E-state index contributed by atoms with van der Waals surface area (Å²) in [4.78, 5) is 18.5. The molecule has 1 aliphatic carbocycles. The summed E-state index contributed by atoms with van der Waals surface area (Å²) in [5.41, 5.74) is 2.22. The molecule has 190 valence electrons. The number of fused-ring (bicyclic) bond motifs is 1. The minimum Gasteiger partial charge on any atom is -0.390 e. The summed E-state index contributed by atoms with van der Waals surface area (Å²) in [7, 11) is 1.63. The van der Waals surface area contributed by atoms with Gasteiger partial charge in [-0.05, 0) is 52.5 Å². The second kappa shape index (κ2) is 10.3. The Kier molecular flexibility index (Phi) is 7.53. The molecular weight excluding hydrogens is 468 g/mol. The van der Waals surface area contributed by atoms with Crippen molar-refractivity contribution in [2.45, 2.75) is 64.4 Å². The van der Waals surface area contributed by atoms with E-state index in [1.54, 1.807) is 27.2 Å². The van der Waals surface area contributed by atoms with Crippen LogP contribution in [-0.4, -0.2) is 79.4 Å². The first-order chi connectivity index (χ1) is 16.6. The van der Waals surface area contributed by atoms with Crippen LogP contribution in [0.2, 0.25) is 0 Å². The lowest BCUT2D eigenvalue weighted by atomic mass is 9.91. The summed E-state index contributed by atoms with van der Waals surface area (Å²) in [5.74, 6) is 0.720. The number of methoxy groups -OCH3 is 1. The largest absolute Gasteiger partial charge is 0.390 e. The smallest absolute Gasteiger partial charge is 0.224 e. The molecule has 0 bridgehead atoms. The Morgan fingerprint density at radius 1 is 1.14 bits per heavy atom. The Morgan fingerprint density at radius 3 is 2.60 bits per heavy atom. The number of thiazole rings is 1. The van der Waals surface area contributed by atoms with E-state index >= 15 is 0 Å². The maximum atomic E-state index is 10.8. The molecule has 4 rings (SSSR count). The van der Waals surface area contributed by atoms with Crippen LogP contribution in [0.4, 0.5) is 11.8 Å². The Morgan fingerprint density at radius 2 is 1.91 bits per heavy atom. The number of aliphatic hydroxyl groups excluding tert-OH is 2. The first-order valence-corrected chi connectivity index (χ1v) is 12.6. The molecule has 3 aromatic rings. The van der Waals surface area contributed by atoms with Gasteiger partial charge in [-0.3, -0.25) is 4.98 Å². The molecular formula is C24H34N6O4S. The number of nitrogens with zero attached hydrogens (tertiary/aromatic N) is 4. The lowest BCUT2D eigenvalue weighted by Gasteiger charge is -2.24. The van der Waals surface area contributed by atoms with Crippen molar-refractivity contribution in [3.05, 3.63) is 23.7 Å². The molecule has 1 saturated carbocycles. The zero-order valence-electron chi connectivity index (χ0n) is 20.7. The molecule has 5 N–H and O–H groups in total. The van der Waals surface area contributed by atoms with Crippen molar-refractivity contribution in [3.8, 4) is 10.6 Å². The molecule has 4 atom stereocenters. The number of ether oxygens (including phenoxy) is 1. The Hall–Kier alpha value is -2.44. The number of hydrogen-bond donors (Lipinski definition) is 5. The van der Waals surface area contributed by atoms with Crippen molar-refractivity contribution in [2.75, 3.05) is 30.9 Å². The normalized spacial score (nSPS) is 22.6. The van der Waals surface area contributed by atoms with Gasteiger partial charge < -0.3 is 30.7 Å². The van der Waals surface area contributed by atoms with E-state index in [1.807, 2.05) is 19.9 Å². The summed E-state index contributed by atoms with van der Waals surface area (Å²) in [6.07, 6.45) is 0.694. The molecule has 0 aromatic carbocycles. The Labute approximate surface area is 208 Å². The monoisotopic (exact) mass is 502 g/mol. The molecule has 0 amide bonds. The van der Waals surface area contributed by atoms with Crippen LogP contribution in [0.1, 0.15) is 38.1 Å². The van der Waals surface area contributed by atoms with Gasteiger partial charge >= 0.3 is 0 Å². The predicted octanol–water partition coefficient (Wildman–Crippen LogP) is 2.51. The minimum absolute atomic E-state index is 0.246. The van der Waals surface area contributed by atoms with Gasteiger partial charge in [-0.1, -0.05) is 0 Å². The van der Waals surface area contributed by atoms with E-state index in [0.29, 0.717) is 37.8 Å².